The standard InChI is InChI=1S/C23H19N3O4/c1-30-16-9-10-21-18(12-16)19(14-26(21)13-15-6-4-5-11-24-15)22(27)25-20-8-3-2-7-17(20)23(28)29/h2-12,14H,13H2,1H3,(H,25,27)(H,28,29). The molecule has 0 fully saturated rings. The normalized spacial score (nSPS) is 10.7. The summed E-state index contributed by atoms with van der Waals surface area (Å²) in [4.78, 5) is 28.9. The van der Waals surface area contributed by atoms with Crippen LogP contribution in [-0.2, 0) is 6.54 Å². The lowest BCUT2D eigenvalue weighted by Gasteiger charge is -2.08. The minimum Gasteiger partial charge on any atom is -0.497 e. The Bertz CT molecular complexity index is 1230. The number of aromatic nitrogens is 2. The zero-order valence-electron chi connectivity index (χ0n) is 16.2. The maximum Gasteiger partial charge on any atom is 0.337 e. The van der Waals surface area contributed by atoms with Crippen LogP contribution < -0.4 is 10.1 Å². The third-order valence-corrected chi connectivity index (χ3v) is 4.80. The fourth-order valence-electron chi connectivity index (χ4n) is 3.35. The van der Waals surface area contributed by atoms with E-state index >= 15 is 0 Å². The van der Waals surface area contributed by atoms with E-state index in [-0.39, 0.29) is 11.3 Å². The summed E-state index contributed by atoms with van der Waals surface area (Å²) >= 11 is 0. The number of ether oxygens (including phenoxy) is 1. The van der Waals surface area contributed by atoms with Crippen molar-refractivity contribution >= 4 is 28.5 Å². The number of carbonyl (C=O) groups excluding carboxylic acids is 1. The van der Waals surface area contributed by atoms with E-state index in [9.17, 15) is 14.7 Å². The number of hydrogen-bond acceptors (Lipinski definition) is 4. The molecule has 2 heterocycles. The van der Waals surface area contributed by atoms with Crippen LogP contribution in [-0.4, -0.2) is 33.6 Å². The quantitative estimate of drug-likeness (QED) is 0.509. The number of para-hydroxylation sites is 1. The molecule has 0 atom stereocenters. The first kappa shape index (κ1) is 19.2. The van der Waals surface area contributed by atoms with Crippen molar-refractivity contribution in [2.24, 2.45) is 0 Å². The number of hydrogen-bond donors (Lipinski definition) is 2. The van der Waals surface area contributed by atoms with E-state index in [1.54, 1.807) is 43.8 Å². The Morgan fingerprint density at radius 1 is 1.07 bits per heavy atom. The Labute approximate surface area is 172 Å². The summed E-state index contributed by atoms with van der Waals surface area (Å²) in [5.74, 6) is -0.884. The van der Waals surface area contributed by atoms with Crippen LogP contribution in [0, 0.1) is 0 Å². The van der Waals surface area contributed by atoms with E-state index in [0.29, 0.717) is 23.2 Å². The molecule has 7 nitrogen and oxygen atoms in total. The minimum absolute atomic E-state index is 0.0284. The molecule has 0 aliphatic carbocycles. The smallest absolute Gasteiger partial charge is 0.337 e. The van der Waals surface area contributed by atoms with Gasteiger partial charge in [0.1, 0.15) is 5.75 Å². The second-order valence-electron chi connectivity index (χ2n) is 6.68. The number of amides is 1. The molecule has 0 saturated heterocycles. The Balaban J connectivity index is 1.76. The number of carboxylic acids is 1. The fraction of sp³-hybridized carbons (Fsp3) is 0.0870. The average Bonchev–Trinajstić information content (AvgIpc) is 3.12. The van der Waals surface area contributed by atoms with E-state index in [1.807, 2.05) is 34.9 Å². The topological polar surface area (TPSA) is 93.5 Å². The van der Waals surface area contributed by atoms with Crippen molar-refractivity contribution < 1.29 is 19.4 Å². The largest absolute Gasteiger partial charge is 0.497 e. The van der Waals surface area contributed by atoms with E-state index in [1.165, 1.54) is 6.07 Å². The third-order valence-electron chi connectivity index (χ3n) is 4.80. The number of carboxylic acid groups (broad SMARTS) is 1. The molecule has 2 aromatic heterocycles. The molecule has 150 valence electrons. The van der Waals surface area contributed by atoms with Crippen molar-refractivity contribution in [3.8, 4) is 5.75 Å². The second-order valence-corrected chi connectivity index (χ2v) is 6.68. The summed E-state index contributed by atoms with van der Waals surface area (Å²) in [5.41, 5.74) is 2.38. The van der Waals surface area contributed by atoms with Crippen LogP contribution in [0.2, 0.25) is 0 Å². The molecule has 0 aliphatic heterocycles. The van der Waals surface area contributed by atoms with Crippen LogP contribution >= 0.6 is 0 Å². The Kier molecular flexibility index (Phi) is 5.17. The molecule has 1 amide bonds. The lowest BCUT2D eigenvalue weighted by molar-refractivity contribution is 0.0698. The monoisotopic (exact) mass is 401 g/mol. The molecule has 4 rings (SSSR count). The zero-order chi connectivity index (χ0) is 21.1. The predicted molar refractivity (Wildman–Crippen MR) is 113 cm³/mol. The first-order valence-electron chi connectivity index (χ1n) is 9.27. The molecule has 30 heavy (non-hydrogen) atoms. The van der Waals surface area contributed by atoms with Gasteiger partial charge in [0.2, 0.25) is 0 Å². The van der Waals surface area contributed by atoms with Crippen LogP contribution in [0.5, 0.6) is 5.75 Å². The summed E-state index contributed by atoms with van der Waals surface area (Å²) in [7, 11) is 1.56. The average molecular weight is 401 g/mol. The molecular formula is C23H19N3O4. The second kappa shape index (κ2) is 8.08. The fourth-order valence-corrected chi connectivity index (χ4v) is 3.35. The number of benzene rings is 2. The highest BCUT2D eigenvalue weighted by Crippen LogP contribution is 2.28. The number of fused-ring (bicyclic) bond motifs is 1. The molecule has 7 heteroatoms. The first-order valence-corrected chi connectivity index (χ1v) is 9.27. The van der Waals surface area contributed by atoms with Crippen LogP contribution in [0.25, 0.3) is 10.9 Å². The van der Waals surface area contributed by atoms with Crippen molar-refractivity contribution in [1.29, 1.82) is 0 Å². The number of nitrogens with one attached hydrogen (secondary N) is 1. The third kappa shape index (κ3) is 3.73. The molecule has 0 spiro atoms. The Hall–Kier alpha value is -4.13. The maximum atomic E-state index is 13.1. The van der Waals surface area contributed by atoms with Crippen molar-refractivity contribution in [2.75, 3.05) is 12.4 Å². The van der Waals surface area contributed by atoms with Gasteiger partial charge >= 0.3 is 5.97 Å². The van der Waals surface area contributed by atoms with Gasteiger partial charge in [0.15, 0.2) is 0 Å². The van der Waals surface area contributed by atoms with E-state index in [4.69, 9.17) is 4.74 Å². The van der Waals surface area contributed by atoms with E-state index < -0.39 is 11.9 Å². The van der Waals surface area contributed by atoms with Gasteiger partial charge in [-0.3, -0.25) is 9.78 Å². The summed E-state index contributed by atoms with van der Waals surface area (Å²) in [5, 5.41) is 12.8. The SMILES string of the molecule is COc1ccc2c(c1)c(C(=O)Nc1ccccc1C(=O)O)cn2Cc1ccccn1. The molecule has 4 aromatic rings. The lowest BCUT2D eigenvalue weighted by Crippen LogP contribution is -2.14. The van der Waals surface area contributed by atoms with Crippen molar-refractivity contribution in [3.63, 3.8) is 0 Å². The van der Waals surface area contributed by atoms with Crippen molar-refractivity contribution in [3.05, 3.63) is 89.9 Å². The summed E-state index contributed by atoms with van der Waals surface area (Å²) in [6.07, 6.45) is 3.47. The van der Waals surface area contributed by atoms with Gasteiger partial charge in [-0.25, -0.2) is 4.79 Å². The molecule has 0 saturated carbocycles. The number of aromatic carboxylic acids is 1. The van der Waals surface area contributed by atoms with E-state index in [2.05, 4.69) is 10.3 Å². The Morgan fingerprint density at radius 2 is 1.87 bits per heavy atom. The van der Waals surface area contributed by atoms with E-state index in [0.717, 1.165) is 11.2 Å². The number of anilines is 1. The van der Waals surface area contributed by atoms with Gasteiger partial charge in [-0.2, -0.15) is 0 Å². The van der Waals surface area contributed by atoms with Crippen LogP contribution in [0.4, 0.5) is 5.69 Å². The summed E-state index contributed by atoms with van der Waals surface area (Å²) in [6, 6.07) is 17.5. The highest BCUT2D eigenvalue weighted by atomic mass is 16.5. The first-order chi connectivity index (χ1) is 14.6. The maximum absolute atomic E-state index is 13.1. The molecular weight excluding hydrogens is 382 g/mol. The highest BCUT2D eigenvalue weighted by molar-refractivity contribution is 6.14. The van der Waals surface area contributed by atoms with Crippen LogP contribution in [0.3, 0.4) is 0 Å². The van der Waals surface area contributed by atoms with Crippen molar-refractivity contribution in [2.45, 2.75) is 6.54 Å². The number of pyridine rings is 1. The van der Waals surface area contributed by atoms with Gasteiger partial charge in [-0.1, -0.05) is 18.2 Å². The molecule has 0 radical (unpaired) electrons. The Morgan fingerprint density at radius 3 is 2.60 bits per heavy atom. The van der Waals surface area contributed by atoms with Gasteiger partial charge in [-0.15, -0.1) is 0 Å². The van der Waals surface area contributed by atoms with Gasteiger partial charge in [0.25, 0.3) is 5.91 Å². The minimum atomic E-state index is -1.11. The van der Waals surface area contributed by atoms with Crippen LogP contribution in [0.1, 0.15) is 26.4 Å². The predicted octanol–water partition coefficient (Wildman–Crippen LogP) is 4.04. The van der Waals surface area contributed by atoms with Crippen molar-refractivity contribution in [1.82, 2.24) is 9.55 Å². The molecule has 0 unspecified atom stereocenters. The number of rotatable bonds is 6. The van der Waals surface area contributed by atoms with Gasteiger partial charge < -0.3 is 19.7 Å². The van der Waals surface area contributed by atoms with Crippen LogP contribution in [0.15, 0.2) is 73.1 Å². The number of methoxy groups -OCH3 is 1. The van der Waals surface area contributed by atoms with Gasteiger partial charge in [0, 0.05) is 23.3 Å². The molecule has 0 aliphatic rings. The number of carbonyl (C=O) groups is 2. The summed E-state index contributed by atoms with van der Waals surface area (Å²) in [6.45, 7) is 0.489. The molecule has 2 N–H and O–H groups in total. The zero-order valence-corrected chi connectivity index (χ0v) is 16.2. The molecule has 0 bridgehead atoms. The van der Waals surface area contributed by atoms with Gasteiger partial charge in [-0.05, 0) is 42.5 Å². The molecule has 2 aromatic carbocycles. The lowest BCUT2D eigenvalue weighted by atomic mass is 10.1. The number of nitrogens with zero attached hydrogens (tertiary/aromatic N) is 2. The highest BCUT2D eigenvalue weighted by Gasteiger charge is 2.19. The summed E-state index contributed by atoms with van der Waals surface area (Å²) < 4.78 is 7.26. The van der Waals surface area contributed by atoms with Gasteiger partial charge in [0.05, 0.1) is 36.2 Å².